The van der Waals surface area contributed by atoms with E-state index in [1.165, 1.54) is 0 Å². The van der Waals surface area contributed by atoms with Gasteiger partial charge in [0, 0.05) is 38.1 Å². The minimum Gasteiger partial charge on any atom is -0.383 e. The van der Waals surface area contributed by atoms with E-state index in [-0.39, 0.29) is 23.1 Å². The number of carbonyl (C=O) groups excluding carboxylic acids is 2. The number of rotatable bonds is 6. The van der Waals surface area contributed by atoms with Crippen molar-refractivity contribution < 1.29 is 14.3 Å². The van der Waals surface area contributed by atoms with Gasteiger partial charge in [0.2, 0.25) is 11.8 Å². The molecule has 5 heteroatoms. The summed E-state index contributed by atoms with van der Waals surface area (Å²) in [4.78, 5) is 27.2. The lowest BCUT2D eigenvalue weighted by Gasteiger charge is -2.30. The van der Waals surface area contributed by atoms with Gasteiger partial charge >= 0.3 is 0 Å². The summed E-state index contributed by atoms with van der Waals surface area (Å²) in [6, 6.07) is 9.87. The van der Waals surface area contributed by atoms with Crippen LogP contribution in [0.5, 0.6) is 0 Å². The number of ether oxygens (including phenoxy) is 1. The highest BCUT2D eigenvalue weighted by Gasteiger charge is 2.51. The summed E-state index contributed by atoms with van der Waals surface area (Å²) in [6.45, 7) is 2.58. The van der Waals surface area contributed by atoms with Gasteiger partial charge in [-0.2, -0.15) is 0 Å². The van der Waals surface area contributed by atoms with Crippen LogP contribution in [0.15, 0.2) is 30.3 Å². The third-order valence-electron chi connectivity index (χ3n) is 5.76. The van der Waals surface area contributed by atoms with Crippen molar-refractivity contribution in [2.75, 3.05) is 33.4 Å². The van der Waals surface area contributed by atoms with E-state index in [0.717, 1.165) is 44.3 Å². The Morgan fingerprint density at radius 3 is 2.84 bits per heavy atom. The molecule has 1 saturated carbocycles. The molecule has 0 aromatic heterocycles. The third-order valence-corrected chi connectivity index (χ3v) is 5.76. The van der Waals surface area contributed by atoms with E-state index in [2.05, 4.69) is 5.32 Å². The van der Waals surface area contributed by atoms with E-state index in [0.29, 0.717) is 19.6 Å². The second kappa shape index (κ2) is 8.00. The molecule has 0 radical (unpaired) electrons. The summed E-state index contributed by atoms with van der Waals surface area (Å²) >= 11 is 0. The molecule has 3 rings (SSSR count). The smallest absolute Gasteiger partial charge is 0.227 e. The molecule has 136 valence electrons. The van der Waals surface area contributed by atoms with E-state index >= 15 is 0 Å². The number of amides is 2. The summed E-state index contributed by atoms with van der Waals surface area (Å²) in [5, 5.41) is 2.99. The van der Waals surface area contributed by atoms with Crippen LogP contribution in [0.3, 0.4) is 0 Å². The summed E-state index contributed by atoms with van der Waals surface area (Å²) in [5.41, 5.74) is 1.03. The molecule has 2 aliphatic rings. The Bertz CT molecular complexity index is 604. The molecule has 25 heavy (non-hydrogen) atoms. The average Bonchev–Trinajstić information content (AvgIpc) is 3.23. The van der Waals surface area contributed by atoms with Gasteiger partial charge in [-0.1, -0.05) is 36.8 Å². The van der Waals surface area contributed by atoms with Crippen LogP contribution in [-0.4, -0.2) is 50.1 Å². The molecule has 1 heterocycles. The van der Waals surface area contributed by atoms with Crippen LogP contribution in [0.2, 0.25) is 0 Å². The number of nitrogens with zero attached hydrogens (tertiary/aromatic N) is 1. The van der Waals surface area contributed by atoms with Crippen molar-refractivity contribution in [3.63, 3.8) is 0 Å². The molecule has 0 bridgehead atoms. The average molecular weight is 344 g/mol. The van der Waals surface area contributed by atoms with Gasteiger partial charge in [-0.15, -0.1) is 0 Å². The summed E-state index contributed by atoms with van der Waals surface area (Å²) in [6.07, 6.45) is 4.44. The first-order valence-electron chi connectivity index (χ1n) is 9.23. The van der Waals surface area contributed by atoms with E-state index in [1.54, 1.807) is 7.11 Å². The molecular formula is C20H28N2O3. The molecule has 1 aliphatic heterocycles. The van der Waals surface area contributed by atoms with E-state index in [4.69, 9.17) is 4.74 Å². The van der Waals surface area contributed by atoms with Crippen LogP contribution in [0.25, 0.3) is 0 Å². The van der Waals surface area contributed by atoms with Crippen molar-refractivity contribution in [2.45, 2.75) is 32.1 Å². The van der Waals surface area contributed by atoms with Gasteiger partial charge in [0.25, 0.3) is 0 Å². The lowest BCUT2D eigenvalue weighted by Crippen LogP contribution is -2.42. The number of likely N-dealkylation sites (tertiary alicyclic amines) is 1. The number of carbonyl (C=O) groups is 2. The zero-order chi connectivity index (χ0) is 17.7. The van der Waals surface area contributed by atoms with Crippen molar-refractivity contribution in [1.29, 1.82) is 0 Å². The Morgan fingerprint density at radius 2 is 2.08 bits per heavy atom. The van der Waals surface area contributed by atoms with E-state index in [1.807, 2.05) is 35.2 Å². The van der Waals surface area contributed by atoms with Gasteiger partial charge in [0.1, 0.15) is 0 Å². The third kappa shape index (κ3) is 4.03. The van der Waals surface area contributed by atoms with Crippen molar-refractivity contribution >= 4 is 11.8 Å². The van der Waals surface area contributed by atoms with E-state index < -0.39 is 0 Å². The maximum Gasteiger partial charge on any atom is 0.227 e. The molecule has 2 atom stereocenters. The highest BCUT2D eigenvalue weighted by atomic mass is 16.5. The first-order valence-corrected chi connectivity index (χ1v) is 9.23. The maximum absolute atomic E-state index is 12.7. The Morgan fingerprint density at radius 1 is 1.28 bits per heavy atom. The quantitative estimate of drug-likeness (QED) is 0.803. The summed E-state index contributed by atoms with van der Waals surface area (Å²) in [5.74, 6) is 0.333. The van der Waals surface area contributed by atoms with Gasteiger partial charge in [-0.25, -0.2) is 0 Å². The molecule has 1 aromatic carbocycles. The molecule has 2 unspecified atom stereocenters. The SMILES string of the molecule is COCCNC(=O)C1CCCC12CCN(C(=O)Cc1ccccc1)C2. The van der Waals surface area contributed by atoms with Crippen LogP contribution in [0.4, 0.5) is 0 Å². The second-order valence-corrected chi connectivity index (χ2v) is 7.32. The normalized spacial score (nSPS) is 25.5. The van der Waals surface area contributed by atoms with Crippen molar-refractivity contribution in [3.8, 4) is 0 Å². The van der Waals surface area contributed by atoms with Crippen LogP contribution in [-0.2, 0) is 20.7 Å². The fourth-order valence-corrected chi connectivity index (χ4v) is 4.43. The van der Waals surface area contributed by atoms with Crippen LogP contribution < -0.4 is 5.32 Å². The van der Waals surface area contributed by atoms with Gasteiger partial charge < -0.3 is 15.0 Å². The molecule has 1 saturated heterocycles. The fourth-order valence-electron chi connectivity index (χ4n) is 4.43. The molecular weight excluding hydrogens is 316 g/mol. The zero-order valence-electron chi connectivity index (χ0n) is 15.0. The fraction of sp³-hybridized carbons (Fsp3) is 0.600. The highest BCUT2D eigenvalue weighted by Crippen LogP contribution is 2.49. The molecule has 1 aliphatic carbocycles. The van der Waals surface area contributed by atoms with Gasteiger partial charge in [-0.3, -0.25) is 9.59 Å². The van der Waals surface area contributed by atoms with Crippen molar-refractivity contribution in [1.82, 2.24) is 10.2 Å². The van der Waals surface area contributed by atoms with Gasteiger partial charge in [0.15, 0.2) is 0 Å². The van der Waals surface area contributed by atoms with Crippen molar-refractivity contribution in [3.05, 3.63) is 35.9 Å². The predicted molar refractivity (Wildman–Crippen MR) is 96.0 cm³/mol. The monoisotopic (exact) mass is 344 g/mol. The summed E-state index contributed by atoms with van der Waals surface area (Å²) < 4.78 is 5.01. The Kier molecular flexibility index (Phi) is 5.74. The minimum absolute atomic E-state index is 0.0243. The molecule has 2 fully saturated rings. The topological polar surface area (TPSA) is 58.6 Å². The molecule has 2 amide bonds. The number of benzene rings is 1. The van der Waals surface area contributed by atoms with Crippen LogP contribution >= 0.6 is 0 Å². The number of nitrogens with one attached hydrogen (secondary N) is 1. The first-order chi connectivity index (χ1) is 12.1. The Hall–Kier alpha value is -1.88. The second-order valence-electron chi connectivity index (χ2n) is 7.32. The lowest BCUT2D eigenvalue weighted by molar-refractivity contribution is -0.132. The molecule has 5 nitrogen and oxygen atoms in total. The minimum atomic E-state index is -0.0243. The highest BCUT2D eigenvalue weighted by molar-refractivity contribution is 5.81. The van der Waals surface area contributed by atoms with Crippen LogP contribution in [0.1, 0.15) is 31.2 Å². The number of methoxy groups -OCH3 is 1. The Balaban J connectivity index is 1.59. The van der Waals surface area contributed by atoms with Gasteiger partial charge in [0.05, 0.1) is 13.0 Å². The molecule has 1 aromatic rings. The van der Waals surface area contributed by atoms with Gasteiger partial charge in [-0.05, 0) is 24.8 Å². The zero-order valence-corrected chi connectivity index (χ0v) is 15.0. The number of hydrogen-bond donors (Lipinski definition) is 1. The lowest BCUT2D eigenvalue weighted by atomic mass is 9.76. The standard InChI is InChI=1S/C20H28N2O3/c1-25-13-11-21-19(24)17-8-5-9-20(17)10-12-22(15-20)18(23)14-16-6-3-2-4-7-16/h2-4,6-7,17H,5,8-15H2,1H3,(H,21,24). The number of hydrogen-bond acceptors (Lipinski definition) is 3. The van der Waals surface area contributed by atoms with Crippen molar-refractivity contribution in [2.24, 2.45) is 11.3 Å². The van der Waals surface area contributed by atoms with Crippen LogP contribution in [0, 0.1) is 11.3 Å². The largest absolute Gasteiger partial charge is 0.383 e. The Labute approximate surface area is 149 Å². The maximum atomic E-state index is 12.7. The van der Waals surface area contributed by atoms with E-state index in [9.17, 15) is 9.59 Å². The summed E-state index contributed by atoms with van der Waals surface area (Å²) in [7, 11) is 1.64. The predicted octanol–water partition coefficient (Wildman–Crippen LogP) is 2.01. The first kappa shape index (κ1) is 17.9. The molecule has 1 spiro atoms. The molecule has 1 N–H and O–H groups in total.